The molecular weight excluding hydrogens is 226 g/mol. The van der Waals surface area contributed by atoms with E-state index in [0.717, 1.165) is 11.5 Å². The molecular formula is C14H23N3O. The standard InChI is InChI=1S/C14H23N3O/c1-10(2)17(9-5-8-15)14(12(4)16)13-7-6-11(3)18-13/h6-7,10,12,14H,5,9,16H2,1-4H3. The lowest BCUT2D eigenvalue weighted by Gasteiger charge is -2.35. The Morgan fingerprint density at radius 2 is 2.06 bits per heavy atom. The summed E-state index contributed by atoms with van der Waals surface area (Å²) in [6.45, 7) is 8.84. The molecule has 0 spiro atoms. The Balaban J connectivity index is 2.97. The molecule has 0 aliphatic rings. The summed E-state index contributed by atoms with van der Waals surface area (Å²) in [7, 11) is 0. The van der Waals surface area contributed by atoms with Gasteiger partial charge in [-0.1, -0.05) is 0 Å². The van der Waals surface area contributed by atoms with Crippen LogP contribution in [0.25, 0.3) is 0 Å². The van der Waals surface area contributed by atoms with Crippen LogP contribution in [0.4, 0.5) is 0 Å². The van der Waals surface area contributed by atoms with E-state index in [1.165, 1.54) is 0 Å². The van der Waals surface area contributed by atoms with Crippen molar-refractivity contribution in [2.75, 3.05) is 6.54 Å². The summed E-state index contributed by atoms with van der Waals surface area (Å²) in [6.07, 6.45) is 0.501. The van der Waals surface area contributed by atoms with Crippen molar-refractivity contribution >= 4 is 0 Å². The first-order valence-electron chi connectivity index (χ1n) is 6.42. The van der Waals surface area contributed by atoms with E-state index >= 15 is 0 Å². The minimum absolute atomic E-state index is 0.0204. The van der Waals surface area contributed by atoms with Gasteiger partial charge in [-0.2, -0.15) is 5.26 Å². The smallest absolute Gasteiger partial charge is 0.122 e. The Bertz CT molecular complexity index is 403. The van der Waals surface area contributed by atoms with Gasteiger partial charge in [0, 0.05) is 25.0 Å². The van der Waals surface area contributed by atoms with Crippen LogP contribution >= 0.6 is 0 Å². The maximum absolute atomic E-state index is 8.76. The molecule has 0 saturated heterocycles. The first-order valence-corrected chi connectivity index (χ1v) is 6.42. The van der Waals surface area contributed by atoms with Gasteiger partial charge >= 0.3 is 0 Å². The maximum Gasteiger partial charge on any atom is 0.122 e. The summed E-state index contributed by atoms with van der Waals surface area (Å²) in [5.41, 5.74) is 6.10. The quantitative estimate of drug-likeness (QED) is 0.841. The fraction of sp³-hybridized carbons (Fsp3) is 0.643. The molecule has 1 heterocycles. The molecule has 0 fully saturated rings. The fourth-order valence-electron chi connectivity index (χ4n) is 2.23. The first kappa shape index (κ1) is 14.7. The molecule has 0 aliphatic carbocycles. The lowest BCUT2D eigenvalue weighted by Crippen LogP contribution is -2.43. The van der Waals surface area contributed by atoms with Crippen LogP contribution in [0, 0.1) is 18.3 Å². The molecule has 4 nitrogen and oxygen atoms in total. The highest BCUT2D eigenvalue weighted by Gasteiger charge is 2.28. The molecule has 0 radical (unpaired) electrons. The van der Waals surface area contributed by atoms with Crippen LogP contribution in [0.5, 0.6) is 0 Å². The monoisotopic (exact) mass is 249 g/mol. The van der Waals surface area contributed by atoms with Crippen molar-refractivity contribution in [1.82, 2.24) is 4.90 Å². The summed E-state index contributed by atoms with van der Waals surface area (Å²) in [5.74, 6) is 1.77. The molecule has 18 heavy (non-hydrogen) atoms. The molecule has 2 unspecified atom stereocenters. The van der Waals surface area contributed by atoms with Crippen LogP contribution < -0.4 is 5.73 Å². The van der Waals surface area contributed by atoms with Gasteiger partial charge in [0.15, 0.2) is 0 Å². The van der Waals surface area contributed by atoms with Crippen molar-refractivity contribution < 1.29 is 4.42 Å². The first-order chi connectivity index (χ1) is 8.47. The number of aryl methyl sites for hydroxylation is 1. The van der Waals surface area contributed by atoms with Crippen LogP contribution in [0.2, 0.25) is 0 Å². The summed E-state index contributed by atoms with van der Waals surface area (Å²) in [6, 6.07) is 6.41. The Kier molecular flexibility index (Phi) is 5.39. The minimum Gasteiger partial charge on any atom is -0.465 e. The van der Waals surface area contributed by atoms with E-state index in [9.17, 15) is 0 Å². The lowest BCUT2D eigenvalue weighted by molar-refractivity contribution is 0.120. The van der Waals surface area contributed by atoms with Crippen molar-refractivity contribution in [2.24, 2.45) is 5.73 Å². The summed E-state index contributed by atoms with van der Waals surface area (Å²) in [4.78, 5) is 2.23. The molecule has 0 aliphatic heterocycles. The normalized spacial score (nSPS) is 14.8. The summed E-state index contributed by atoms with van der Waals surface area (Å²) >= 11 is 0. The Morgan fingerprint density at radius 3 is 2.44 bits per heavy atom. The molecule has 2 N–H and O–H groups in total. The van der Waals surface area contributed by atoms with Crippen LogP contribution in [0.1, 0.15) is 44.8 Å². The average Bonchev–Trinajstić information content (AvgIpc) is 2.69. The van der Waals surface area contributed by atoms with Crippen LogP contribution in [0.15, 0.2) is 16.5 Å². The highest BCUT2D eigenvalue weighted by Crippen LogP contribution is 2.27. The molecule has 4 heteroatoms. The largest absolute Gasteiger partial charge is 0.465 e. The lowest BCUT2D eigenvalue weighted by atomic mass is 10.0. The van der Waals surface area contributed by atoms with Gasteiger partial charge in [-0.3, -0.25) is 4.90 Å². The van der Waals surface area contributed by atoms with Crippen LogP contribution in [-0.2, 0) is 0 Å². The number of hydrogen-bond acceptors (Lipinski definition) is 4. The maximum atomic E-state index is 8.76. The van der Waals surface area contributed by atoms with Gasteiger partial charge in [-0.15, -0.1) is 0 Å². The number of nitriles is 1. The second-order valence-electron chi connectivity index (χ2n) is 4.99. The minimum atomic E-state index is -0.0448. The van der Waals surface area contributed by atoms with Crippen molar-refractivity contribution in [3.05, 3.63) is 23.7 Å². The van der Waals surface area contributed by atoms with Crippen molar-refractivity contribution in [1.29, 1.82) is 5.26 Å². The van der Waals surface area contributed by atoms with Crippen molar-refractivity contribution in [3.63, 3.8) is 0 Å². The molecule has 1 aromatic heterocycles. The zero-order chi connectivity index (χ0) is 13.7. The van der Waals surface area contributed by atoms with E-state index in [1.807, 2.05) is 26.0 Å². The zero-order valence-electron chi connectivity index (χ0n) is 11.7. The third kappa shape index (κ3) is 3.59. The second kappa shape index (κ2) is 6.58. The van der Waals surface area contributed by atoms with Gasteiger partial charge in [0.25, 0.3) is 0 Å². The number of nitrogens with two attached hydrogens (primary N) is 1. The van der Waals surface area contributed by atoms with Crippen LogP contribution in [0.3, 0.4) is 0 Å². The van der Waals surface area contributed by atoms with Crippen molar-refractivity contribution in [2.45, 2.75) is 52.2 Å². The van der Waals surface area contributed by atoms with Gasteiger partial charge in [0.1, 0.15) is 11.5 Å². The number of furan rings is 1. The molecule has 1 aromatic rings. The van der Waals surface area contributed by atoms with E-state index in [0.29, 0.717) is 19.0 Å². The van der Waals surface area contributed by atoms with E-state index in [4.69, 9.17) is 15.4 Å². The molecule has 1 rings (SSSR count). The third-order valence-electron chi connectivity index (χ3n) is 3.05. The predicted octanol–water partition coefficient (Wildman–Crippen LogP) is 2.60. The summed E-state index contributed by atoms with van der Waals surface area (Å²) in [5, 5.41) is 8.76. The van der Waals surface area contributed by atoms with E-state index in [2.05, 4.69) is 24.8 Å². The Morgan fingerprint density at radius 1 is 1.39 bits per heavy atom. The predicted molar refractivity (Wildman–Crippen MR) is 71.9 cm³/mol. The zero-order valence-corrected chi connectivity index (χ0v) is 11.7. The molecule has 2 atom stereocenters. The van der Waals surface area contributed by atoms with E-state index in [-0.39, 0.29) is 12.1 Å². The van der Waals surface area contributed by atoms with Crippen molar-refractivity contribution in [3.8, 4) is 6.07 Å². The highest BCUT2D eigenvalue weighted by molar-refractivity contribution is 5.12. The van der Waals surface area contributed by atoms with Gasteiger partial charge in [0.2, 0.25) is 0 Å². The second-order valence-corrected chi connectivity index (χ2v) is 4.99. The molecule has 0 bridgehead atoms. The van der Waals surface area contributed by atoms with Gasteiger partial charge < -0.3 is 10.2 Å². The van der Waals surface area contributed by atoms with Crippen LogP contribution in [-0.4, -0.2) is 23.5 Å². The fourth-order valence-corrected chi connectivity index (χ4v) is 2.23. The third-order valence-corrected chi connectivity index (χ3v) is 3.05. The number of nitrogens with zero attached hydrogens (tertiary/aromatic N) is 2. The topological polar surface area (TPSA) is 66.2 Å². The molecule has 0 amide bonds. The van der Waals surface area contributed by atoms with Gasteiger partial charge in [-0.05, 0) is 39.8 Å². The Labute approximate surface area is 109 Å². The average molecular weight is 249 g/mol. The molecule has 0 saturated carbocycles. The van der Waals surface area contributed by atoms with Gasteiger partial charge in [0.05, 0.1) is 12.1 Å². The van der Waals surface area contributed by atoms with E-state index < -0.39 is 0 Å². The SMILES string of the molecule is Cc1ccc(C(C(C)N)N(CCC#N)C(C)C)o1. The van der Waals surface area contributed by atoms with E-state index in [1.54, 1.807) is 0 Å². The van der Waals surface area contributed by atoms with Gasteiger partial charge in [-0.25, -0.2) is 0 Å². The Hall–Kier alpha value is -1.31. The molecule has 100 valence electrons. The number of hydrogen-bond donors (Lipinski definition) is 1. The summed E-state index contributed by atoms with van der Waals surface area (Å²) < 4.78 is 5.71. The molecule has 0 aromatic carbocycles. The highest BCUT2D eigenvalue weighted by atomic mass is 16.3. The number of rotatable bonds is 6.